The highest BCUT2D eigenvalue weighted by Gasteiger charge is 2.22. The predicted molar refractivity (Wildman–Crippen MR) is 74.6 cm³/mol. The van der Waals surface area contributed by atoms with Gasteiger partial charge in [-0.1, -0.05) is 0 Å². The first-order valence-electron chi connectivity index (χ1n) is 6.39. The molecule has 0 saturated carbocycles. The van der Waals surface area contributed by atoms with Gasteiger partial charge in [-0.25, -0.2) is 4.98 Å². The highest BCUT2D eigenvalue weighted by atomic mass is 16.6. The molecule has 1 saturated heterocycles. The van der Waals surface area contributed by atoms with Crippen LogP contribution < -0.4 is 10.6 Å². The van der Waals surface area contributed by atoms with Crippen LogP contribution in [0.4, 0.5) is 17.3 Å². The Morgan fingerprint density at radius 1 is 1.58 bits per heavy atom. The number of pyridine rings is 1. The van der Waals surface area contributed by atoms with E-state index in [1.54, 1.807) is 13.1 Å². The second-order valence-corrected chi connectivity index (χ2v) is 4.73. The van der Waals surface area contributed by atoms with Crippen LogP contribution in [0.1, 0.15) is 12.8 Å². The maximum atomic E-state index is 11.0. The zero-order chi connectivity index (χ0) is 13.8. The average Bonchev–Trinajstić information content (AvgIpc) is 2.81. The van der Waals surface area contributed by atoms with E-state index < -0.39 is 4.92 Å². The average molecular weight is 265 g/mol. The highest BCUT2D eigenvalue weighted by Crippen LogP contribution is 2.24. The van der Waals surface area contributed by atoms with Crippen LogP contribution in [0.15, 0.2) is 12.1 Å². The van der Waals surface area contributed by atoms with Crippen LogP contribution in [0.25, 0.3) is 0 Å². The van der Waals surface area contributed by atoms with Crippen LogP contribution >= 0.6 is 0 Å². The van der Waals surface area contributed by atoms with Gasteiger partial charge >= 0.3 is 5.69 Å². The Morgan fingerprint density at radius 3 is 2.95 bits per heavy atom. The number of hydrogen-bond acceptors (Lipinski definition) is 6. The second-order valence-electron chi connectivity index (χ2n) is 4.73. The van der Waals surface area contributed by atoms with E-state index >= 15 is 0 Å². The number of likely N-dealkylation sites (tertiary alicyclic amines) is 1. The molecule has 19 heavy (non-hydrogen) atoms. The molecule has 0 spiro atoms. The first-order valence-corrected chi connectivity index (χ1v) is 6.39. The molecule has 1 aliphatic heterocycles. The highest BCUT2D eigenvalue weighted by molar-refractivity contribution is 5.60. The summed E-state index contributed by atoms with van der Waals surface area (Å²) in [6.45, 7) is 1.76. The Morgan fingerprint density at radius 2 is 2.37 bits per heavy atom. The van der Waals surface area contributed by atoms with Gasteiger partial charge in [0, 0.05) is 25.7 Å². The van der Waals surface area contributed by atoms with Crippen molar-refractivity contribution in [1.29, 1.82) is 0 Å². The first-order chi connectivity index (χ1) is 9.11. The van der Waals surface area contributed by atoms with Crippen molar-refractivity contribution >= 4 is 17.3 Å². The summed E-state index contributed by atoms with van der Waals surface area (Å²) in [6, 6.07) is 3.49. The summed E-state index contributed by atoms with van der Waals surface area (Å²) >= 11 is 0. The van der Waals surface area contributed by atoms with Crippen molar-refractivity contribution in [2.24, 2.45) is 0 Å². The van der Waals surface area contributed by atoms with Gasteiger partial charge in [-0.3, -0.25) is 10.1 Å². The topological polar surface area (TPSA) is 83.3 Å². The van der Waals surface area contributed by atoms with E-state index in [-0.39, 0.29) is 5.69 Å². The van der Waals surface area contributed by atoms with Gasteiger partial charge in [-0.15, -0.1) is 0 Å². The summed E-state index contributed by atoms with van der Waals surface area (Å²) in [7, 11) is 3.81. The van der Waals surface area contributed by atoms with E-state index in [2.05, 4.69) is 27.6 Å². The third-order valence-corrected chi connectivity index (χ3v) is 3.50. The number of nitro groups is 1. The van der Waals surface area contributed by atoms with E-state index in [0.29, 0.717) is 24.2 Å². The molecule has 1 aromatic rings. The quantitative estimate of drug-likeness (QED) is 0.620. The Labute approximate surface area is 112 Å². The van der Waals surface area contributed by atoms with Crippen LogP contribution in [0.5, 0.6) is 0 Å². The molecule has 1 atom stereocenters. The van der Waals surface area contributed by atoms with Gasteiger partial charge in [0.1, 0.15) is 5.82 Å². The number of aromatic nitrogens is 1. The summed E-state index contributed by atoms with van der Waals surface area (Å²) in [4.78, 5) is 17.0. The van der Waals surface area contributed by atoms with Crippen LogP contribution in [-0.4, -0.2) is 48.0 Å². The fraction of sp³-hybridized carbons (Fsp3) is 0.583. The molecule has 0 bridgehead atoms. The van der Waals surface area contributed by atoms with Crippen molar-refractivity contribution in [3.05, 3.63) is 22.2 Å². The number of likely N-dealkylation sites (N-methyl/N-ethyl adjacent to an activating group) is 1. The summed E-state index contributed by atoms with van der Waals surface area (Å²) in [5, 5.41) is 17.0. The molecule has 7 heteroatoms. The van der Waals surface area contributed by atoms with Gasteiger partial charge in [0.05, 0.1) is 4.92 Å². The fourth-order valence-electron chi connectivity index (χ4n) is 2.32. The Bertz CT molecular complexity index is 465. The summed E-state index contributed by atoms with van der Waals surface area (Å²) in [6.07, 6.45) is 2.29. The molecular weight excluding hydrogens is 246 g/mol. The zero-order valence-electron chi connectivity index (χ0n) is 11.2. The number of hydrogen-bond donors (Lipinski definition) is 2. The van der Waals surface area contributed by atoms with Gasteiger partial charge in [-0.2, -0.15) is 0 Å². The molecule has 0 amide bonds. The summed E-state index contributed by atoms with van der Waals surface area (Å²) in [5.74, 6) is 0.949. The van der Waals surface area contributed by atoms with E-state index in [9.17, 15) is 10.1 Å². The largest absolute Gasteiger partial charge is 0.373 e. The number of anilines is 2. The maximum Gasteiger partial charge on any atom is 0.311 e. The molecule has 0 radical (unpaired) electrons. The van der Waals surface area contributed by atoms with Crippen LogP contribution in [0, 0.1) is 10.1 Å². The Kier molecular flexibility index (Phi) is 4.16. The molecule has 1 fully saturated rings. The van der Waals surface area contributed by atoms with E-state index in [0.717, 1.165) is 13.0 Å². The lowest BCUT2D eigenvalue weighted by Gasteiger charge is -2.20. The zero-order valence-corrected chi connectivity index (χ0v) is 11.2. The molecule has 1 unspecified atom stereocenters. The standard InChI is InChI=1S/C12H19N5O2/c1-13-11-6-5-10(17(18)19)12(15-11)14-8-9-4-3-7-16(9)2/h5-6,9H,3-4,7-8H2,1-2H3,(H2,13,14,15). The van der Waals surface area contributed by atoms with Crippen LogP contribution in [0.2, 0.25) is 0 Å². The molecule has 1 aliphatic rings. The van der Waals surface area contributed by atoms with Gasteiger partial charge < -0.3 is 15.5 Å². The van der Waals surface area contributed by atoms with Crippen molar-refractivity contribution in [2.45, 2.75) is 18.9 Å². The predicted octanol–water partition coefficient (Wildman–Crippen LogP) is 1.54. The van der Waals surface area contributed by atoms with E-state index in [1.165, 1.54) is 12.5 Å². The van der Waals surface area contributed by atoms with Crippen LogP contribution in [0.3, 0.4) is 0 Å². The molecule has 7 nitrogen and oxygen atoms in total. The Balaban J connectivity index is 2.10. The molecule has 104 valence electrons. The number of nitrogens with zero attached hydrogens (tertiary/aromatic N) is 3. The molecule has 2 rings (SSSR count). The van der Waals surface area contributed by atoms with Crippen molar-refractivity contribution in [1.82, 2.24) is 9.88 Å². The number of nitrogens with one attached hydrogen (secondary N) is 2. The molecule has 0 aliphatic carbocycles. The third-order valence-electron chi connectivity index (χ3n) is 3.50. The molecular formula is C12H19N5O2. The SMILES string of the molecule is CNc1ccc([N+](=O)[O-])c(NCC2CCCN2C)n1. The lowest BCUT2D eigenvalue weighted by atomic mass is 10.2. The minimum Gasteiger partial charge on any atom is -0.373 e. The monoisotopic (exact) mass is 265 g/mol. The van der Waals surface area contributed by atoms with Gasteiger partial charge in [-0.05, 0) is 32.5 Å². The summed E-state index contributed by atoms with van der Waals surface area (Å²) < 4.78 is 0. The van der Waals surface area contributed by atoms with Crippen molar-refractivity contribution in [3.63, 3.8) is 0 Å². The summed E-state index contributed by atoms with van der Waals surface area (Å²) in [5.41, 5.74) is 0.0136. The van der Waals surface area contributed by atoms with Crippen molar-refractivity contribution in [3.8, 4) is 0 Å². The van der Waals surface area contributed by atoms with Gasteiger partial charge in [0.15, 0.2) is 0 Å². The van der Waals surface area contributed by atoms with E-state index in [4.69, 9.17) is 0 Å². The Hall–Kier alpha value is -1.89. The fourth-order valence-corrected chi connectivity index (χ4v) is 2.32. The van der Waals surface area contributed by atoms with Crippen molar-refractivity contribution in [2.75, 3.05) is 37.8 Å². The van der Waals surface area contributed by atoms with Crippen molar-refractivity contribution < 1.29 is 4.92 Å². The smallest absolute Gasteiger partial charge is 0.311 e. The van der Waals surface area contributed by atoms with Gasteiger partial charge in [0.2, 0.25) is 5.82 Å². The third kappa shape index (κ3) is 3.11. The first kappa shape index (κ1) is 13.5. The maximum absolute atomic E-state index is 11.0. The number of rotatable bonds is 5. The second kappa shape index (κ2) is 5.83. The van der Waals surface area contributed by atoms with Crippen LogP contribution in [-0.2, 0) is 0 Å². The molecule has 2 N–H and O–H groups in total. The normalized spacial score (nSPS) is 19.4. The molecule has 0 aromatic carbocycles. The molecule has 2 heterocycles. The van der Waals surface area contributed by atoms with Gasteiger partial charge in [0.25, 0.3) is 0 Å². The molecule has 1 aromatic heterocycles. The van der Waals surface area contributed by atoms with E-state index in [1.807, 2.05) is 0 Å². The lowest BCUT2D eigenvalue weighted by Crippen LogP contribution is -2.31. The minimum atomic E-state index is -0.410. The lowest BCUT2D eigenvalue weighted by molar-refractivity contribution is -0.384. The minimum absolute atomic E-state index is 0.0136.